The lowest BCUT2D eigenvalue weighted by atomic mass is 10.2. The summed E-state index contributed by atoms with van der Waals surface area (Å²) in [6.07, 6.45) is 0. The molecule has 9 heteroatoms. The van der Waals surface area contributed by atoms with Crippen LogP contribution in [-0.4, -0.2) is 10.3 Å². The summed E-state index contributed by atoms with van der Waals surface area (Å²) in [7, 11) is 0. The van der Waals surface area contributed by atoms with Crippen molar-refractivity contribution >= 4 is 45.5 Å². The van der Waals surface area contributed by atoms with Crippen LogP contribution in [0.5, 0.6) is 11.5 Å². The Kier molecular flexibility index (Phi) is 6.98. The number of ether oxygens (including phenoxy) is 1. The van der Waals surface area contributed by atoms with Crippen molar-refractivity contribution in [3.63, 3.8) is 0 Å². The van der Waals surface area contributed by atoms with Crippen LogP contribution in [0.4, 0.5) is 4.39 Å². The molecule has 25 heavy (non-hydrogen) atoms. The van der Waals surface area contributed by atoms with Crippen molar-refractivity contribution in [2.24, 2.45) is 11.5 Å². The largest absolute Gasteiger partial charge is 0.457 e. The van der Waals surface area contributed by atoms with E-state index in [-0.39, 0.29) is 10.3 Å². The van der Waals surface area contributed by atoms with E-state index in [2.05, 4.69) is 0 Å². The van der Waals surface area contributed by atoms with E-state index >= 15 is 0 Å². The SMILES string of the molecule is N=C(N)SCc1cc(F)ccc1Oc1ccc(Cl)cc1CSC(=N)N. The first-order valence-corrected chi connectivity index (χ1v) is 9.38. The number of hydrogen-bond acceptors (Lipinski definition) is 5. The van der Waals surface area contributed by atoms with Gasteiger partial charge in [0.15, 0.2) is 10.3 Å². The molecule has 0 unspecified atom stereocenters. The van der Waals surface area contributed by atoms with E-state index in [9.17, 15) is 4.39 Å². The Morgan fingerprint density at radius 1 is 0.960 bits per heavy atom. The van der Waals surface area contributed by atoms with Gasteiger partial charge in [0, 0.05) is 27.7 Å². The molecule has 0 aliphatic heterocycles. The molecule has 6 N–H and O–H groups in total. The molecule has 2 rings (SSSR count). The average molecular weight is 399 g/mol. The third-order valence-corrected chi connectivity index (χ3v) is 4.80. The van der Waals surface area contributed by atoms with Crippen molar-refractivity contribution in [1.29, 1.82) is 10.8 Å². The van der Waals surface area contributed by atoms with Gasteiger partial charge >= 0.3 is 0 Å². The van der Waals surface area contributed by atoms with Gasteiger partial charge in [0.05, 0.1) is 0 Å². The smallest absolute Gasteiger partial charge is 0.151 e. The van der Waals surface area contributed by atoms with Crippen LogP contribution in [0.2, 0.25) is 5.02 Å². The van der Waals surface area contributed by atoms with Gasteiger partial charge in [-0.1, -0.05) is 35.1 Å². The minimum Gasteiger partial charge on any atom is -0.457 e. The van der Waals surface area contributed by atoms with E-state index in [0.29, 0.717) is 33.6 Å². The van der Waals surface area contributed by atoms with Crippen LogP contribution in [0.25, 0.3) is 0 Å². The summed E-state index contributed by atoms with van der Waals surface area (Å²) in [5, 5.41) is 15.1. The fraction of sp³-hybridized carbons (Fsp3) is 0.125. The van der Waals surface area contributed by atoms with Crippen LogP contribution >= 0.6 is 35.1 Å². The zero-order valence-electron chi connectivity index (χ0n) is 13.0. The molecule has 2 aromatic rings. The van der Waals surface area contributed by atoms with Gasteiger partial charge in [0.25, 0.3) is 0 Å². The molecule has 0 spiro atoms. The Hall–Kier alpha value is -1.90. The summed E-state index contributed by atoms with van der Waals surface area (Å²) in [4.78, 5) is 0. The standard InChI is InChI=1S/C16H16ClFN4OS2/c17-11-1-3-13(9(5-11)7-24-15(19)20)23-14-4-2-12(18)6-10(14)8-25-16(21)22/h1-6H,7-8H2,(H3,19,20)(H3,21,22). The Morgan fingerprint density at radius 3 is 2.04 bits per heavy atom. The molecule has 0 radical (unpaired) electrons. The van der Waals surface area contributed by atoms with E-state index in [1.54, 1.807) is 18.2 Å². The molecular formula is C16H16ClFN4OS2. The van der Waals surface area contributed by atoms with E-state index in [1.165, 1.54) is 18.2 Å². The molecule has 132 valence electrons. The van der Waals surface area contributed by atoms with Gasteiger partial charge in [0.1, 0.15) is 17.3 Å². The Labute approximate surface area is 158 Å². The molecule has 0 amide bonds. The van der Waals surface area contributed by atoms with Crippen LogP contribution in [0.15, 0.2) is 36.4 Å². The summed E-state index contributed by atoms with van der Waals surface area (Å²) in [5.74, 6) is 1.35. The second-order valence-electron chi connectivity index (χ2n) is 4.91. The van der Waals surface area contributed by atoms with Gasteiger partial charge in [-0.3, -0.25) is 10.8 Å². The number of amidine groups is 2. The van der Waals surface area contributed by atoms with Gasteiger partial charge < -0.3 is 16.2 Å². The lowest BCUT2D eigenvalue weighted by molar-refractivity contribution is 0.472. The monoisotopic (exact) mass is 398 g/mol. The molecule has 0 saturated carbocycles. The highest BCUT2D eigenvalue weighted by Crippen LogP contribution is 2.33. The van der Waals surface area contributed by atoms with Crippen molar-refractivity contribution in [2.75, 3.05) is 0 Å². The maximum Gasteiger partial charge on any atom is 0.151 e. The van der Waals surface area contributed by atoms with E-state index in [1.807, 2.05) is 0 Å². The topological polar surface area (TPSA) is 109 Å². The van der Waals surface area contributed by atoms with Crippen LogP contribution in [-0.2, 0) is 11.5 Å². The molecule has 5 nitrogen and oxygen atoms in total. The second kappa shape index (κ2) is 8.98. The van der Waals surface area contributed by atoms with Gasteiger partial charge in [0.2, 0.25) is 0 Å². The number of rotatable bonds is 6. The van der Waals surface area contributed by atoms with Crippen molar-refractivity contribution in [3.8, 4) is 11.5 Å². The Bertz CT molecular complexity index is 738. The minimum absolute atomic E-state index is 0.00810. The molecular weight excluding hydrogens is 383 g/mol. The summed E-state index contributed by atoms with van der Waals surface area (Å²) in [6, 6.07) is 9.32. The predicted molar refractivity (Wildman–Crippen MR) is 104 cm³/mol. The number of nitrogens with two attached hydrogens (primary N) is 2. The first kappa shape index (κ1) is 19.4. The maximum atomic E-state index is 13.5. The summed E-state index contributed by atoms with van der Waals surface area (Å²) in [6.45, 7) is 0. The number of benzene rings is 2. The summed E-state index contributed by atoms with van der Waals surface area (Å²) >= 11 is 8.27. The third kappa shape index (κ3) is 6.15. The lowest BCUT2D eigenvalue weighted by Crippen LogP contribution is -2.05. The molecule has 0 aliphatic carbocycles. The van der Waals surface area contributed by atoms with Gasteiger partial charge in [-0.25, -0.2) is 4.39 Å². The fourth-order valence-electron chi connectivity index (χ4n) is 1.95. The highest BCUT2D eigenvalue weighted by Gasteiger charge is 2.12. The van der Waals surface area contributed by atoms with Crippen LogP contribution in [0.1, 0.15) is 11.1 Å². The van der Waals surface area contributed by atoms with Crippen LogP contribution in [0.3, 0.4) is 0 Å². The second-order valence-corrected chi connectivity index (χ2v) is 7.38. The highest BCUT2D eigenvalue weighted by atomic mass is 35.5. The van der Waals surface area contributed by atoms with Crippen molar-refractivity contribution in [3.05, 3.63) is 58.4 Å². The first-order chi connectivity index (χ1) is 11.8. The van der Waals surface area contributed by atoms with Crippen molar-refractivity contribution in [1.82, 2.24) is 0 Å². The maximum absolute atomic E-state index is 13.5. The normalized spacial score (nSPS) is 10.5. The lowest BCUT2D eigenvalue weighted by Gasteiger charge is -2.14. The zero-order chi connectivity index (χ0) is 18.4. The third-order valence-electron chi connectivity index (χ3n) is 3.03. The predicted octanol–water partition coefficient (Wildman–Crippen LogP) is 4.52. The van der Waals surface area contributed by atoms with Gasteiger partial charge in [-0.15, -0.1) is 0 Å². The van der Waals surface area contributed by atoms with Gasteiger partial charge in [-0.05, 0) is 36.4 Å². The molecule has 0 heterocycles. The van der Waals surface area contributed by atoms with E-state index < -0.39 is 5.82 Å². The summed E-state index contributed by atoms with van der Waals surface area (Å²) in [5.41, 5.74) is 12.1. The zero-order valence-corrected chi connectivity index (χ0v) is 15.4. The number of hydrogen-bond donors (Lipinski definition) is 4. The number of halogens is 2. The first-order valence-electron chi connectivity index (χ1n) is 7.03. The van der Waals surface area contributed by atoms with Crippen molar-refractivity contribution < 1.29 is 9.13 Å². The molecule has 0 atom stereocenters. The molecule has 0 aliphatic rings. The number of thioether (sulfide) groups is 2. The molecule has 2 aromatic carbocycles. The molecule has 0 bridgehead atoms. The quantitative estimate of drug-likeness (QED) is 0.422. The summed E-state index contributed by atoms with van der Waals surface area (Å²) < 4.78 is 19.5. The molecule has 0 saturated heterocycles. The Morgan fingerprint density at radius 2 is 1.48 bits per heavy atom. The van der Waals surface area contributed by atoms with Crippen LogP contribution < -0.4 is 16.2 Å². The van der Waals surface area contributed by atoms with Crippen molar-refractivity contribution in [2.45, 2.75) is 11.5 Å². The van der Waals surface area contributed by atoms with Crippen LogP contribution in [0, 0.1) is 16.6 Å². The molecule has 0 aromatic heterocycles. The van der Waals surface area contributed by atoms with Gasteiger partial charge in [-0.2, -0.15) is 0 Å². The Balaban J connectivity index is 2.29. The fourth-order valence-corrected chi connectivity index (χ4v) is 3.22. The minimum atomic E-state index is -0.394. The average Bonchev–Trinajstić information content (AvgIpc) is 2.54. The number of nitrogens with one attached hydrogen (secondary N) is 2. The van der Waals surface area contributed by atoms with E-state index in [4.69, 9.17) is 38.6 Å². The van der Waals surface area contributed by atoms with E-state index in [0.717, 1.165) is 29.1 Å². The molecule has 0 fully saturated rings. The highest BCUT2D eigenvalue weighted by molar-refractivity contribution is 8.13.